The number of methoxy groups -OCH3 is 1. The molecule has 0 saturated heterocycles. The van der Waals surface area contributed by atoms with E-state index in [0.29, 0.717) is 11.4 Å². The van der Waals surface area contributed by atoms with E-state index >= 15 is 0 Å². The number of ether oxygens (including phenoxy) is 1. The van der Waals surface area contributed by atoms with Gasteiger partial charge in [0, 0.05) is 11.7 Å². The summed E-state index contributed by atoms with van der Waals surface area (Å²) in [6.45, 7) is 6.91. The number of anilines is 1. The Morgan fingerprint density at radius 2 is 1.65 bits per heavy atom. The summed E-state index contributed by atoms with van der Waals surface area (Å²) < 4.78 is 5.05. The molecule has 0 spiro atoms. The van der Waals surface area contributed by atoms with Crippen molar-refractivity contribution in [1.29, 1.82) is 0 Å². The summed E-state index contributed by atoms with van der Waals surface area (Å²) in [5.41, 5.74) is -0.509. The second-order valence-corrected chi connectivity index (χ2v) is 5.44. The fourth-order valence-electron chi connectivity index (χ4n) is 1.51. The van der Waals surface area contributed by atoms with Crippen molar-refractivity contribution in [3.8, 4) is 5.75 Å². The molecule has 0 unspecified atom stereocenters. The van der Waals surface area contributed by atoms with Gasteiger partial charge in [0.2, 0.25) is 11.8 Å². The van der Waals surface area contributed by atoms with Crippen LogP contribution in [0.5, 0.6) is 5.75 Å². The number of carbonyl (C=O) groups excluding carboxylic acids is 2. The second-order valence-electron chi connectivity index (χ2n) is 5.44. The Labute approximate surface area is 119 Å². The summed E-state index contributed by atoms with van der Waals surface area (Å²) >= 11 is 0. The summed E-state index contributed by atoms with van der Waals surface area (Å²) in [7, 11) is 1.58. The molecule has 0 aliphatic carbocycles. The van der Waals surface area contributed by atoms with Crippen LogP contribution in [0.15, 0.2) is 24.3 Å². The van der Waals surface area contributed by atoms with Gasteiger partial charge in [0.15, 0.2) is 0 Å². The molecular weight excluding hydrogens is 256 g/mol. The highest BCUT2D eigenvalue weighted by Gasteiger charge is 2.36. The molecule has 20 heavy (non-hydrogen) atoms. The fraction of sp³-hybridized carbons (Fsp3) is 0.467. The van der Waals surface area contributed by atoms with Crippen LogP contribution in [-0.2, 0) is 9.59 Å². The fourth-order valence-corrected chi connectivity index (χ4v) is 1.51. The van der Waals surface area contributed by atoms with Crippen LogP contribution in [0.3, 0.4) is 0 Å². The van der Waals surface area contributed by atoms with Crippen LogP contribution in [0, 0.1) is 5.41 Å². The van der Waals surface area contributed by atoms with E-state index in [9.17, 15) is 9.59 Å². The van der Waals surface area contributed by atoms with Gasteiger partial charge in [-0.25, -0.2) is 0 Å². The third-order valence-corrected chi connectivity index (χ3v) is 2.90. The minimum Gasteiger partial charge on any atom is -0.497 e. The molecule has 0 radical (unpaired) electrons. The van der Waals surface area contributed by atoms with Gasteiger partial charge >= 0.3 is 0 Å². The van der Waals surface area contributed by atoms with E-state index in [4.69, 9.17) is 4.74 Å². The second kappa shape index (κ2) is 6.41. The first-order valence-corrected chi connectivity index (χ1v) is 6.54. The van der Waals surface area contributed by atoms with Gasteiger partial charge in [0.1, 0.15) is 11.2 Å². The highest BCUT2D eigenvalue weighted by molar-refractivity contribution is 6.09. The molecular formula is C15H22N2O3. The Kier molecular flexibility index (Phi) is 5.13. The number of carbonyl (C=O) groups is 2. The van der Waals surface area contributed by atoms with E-state index in [-0.39, 0.29) is 17.9 Å². The molecule has 1 rings (SSSR count). The van der Waals surface area contributed by atoms with Crippen molar-refractivity contribution < 1.29 is 14.3 Å². The largest absolute Gasteiger partial charge is 0.497 e. The summed E-state index contributed by atoms with van der Waals surface area (Å²) in [5, 5.41) is 5.48. The minimum absolute atomic E-state index is 0.00411. The van der Waals surface area contributed by atoms with E-state index in [2.05, 4.69) is 10.6 Å². The van der Waals surface area contributed by atoms with Gasteiger partial charge in [-0.2, -0.15) is 0 Å². The number of hydrogen-bond acceptors (Lipinski definition) is 3. The molecule has 0 heterocycles. The smallest absolute Gasteiger partial charge is 0.239 e. The minimum atomic E-state index is -1.13. The molecule has 1 aromatic rings. The average molecular weight is 278 g/mol. The monoisotopic (exact) mass is 278 g/mol. The third-order valence-electron chi connectivity index (χ3n) is 2.90. The van der Waals surface area contributed by atoms with E-state index in [0.717, 1.165) is 0 Å². The Morgan fingerprint density at radius 3 is 2.10 bits per heavy atom. The van der Waals surface area contributed by atoms with Crippen LogP contribution in [-0.4, -0.2) is 25.0 Å². The Morgan fingerprint density at radius 1 is 1.10 bits per heavy atom. The summed E-state index contributed by atoms with van der Waals surface area (Å²) in [6, 6.07) is 6.95. The van der Waals surface area contributed by atoms with Gasteiger partial charge in [0.25, 0.3) is 0 Å². The predicted octanol–water partition coefficient (Wildman–Crippen LogP) is 2.18. The maximum atomic E-state index is 12.2. The number of amides is 2. The van der Waals surface area contributed by atoms with Crippen LogP contribution in [0.1, 0.15) is 27.7 Å². The highest BCUT2D eigenvalue weighted by Crippen LogP contribution is 2.21. The van der Waals surface area contributed by atoms with E-state index in [1.807, 2.05) is 13.8 Å². The Bertz CT molecular complexity index is 478. The molecule has 0 saturated carbocycles. The van der Waals surface area contributed by atoms with Crippen molar-refractivity contribution in [3.05, 3.63) is 24.3 Å². The zero-order valence-corrected chi connectivity index (χ0v) is 12.6. The molecule has 5 heteroatoms. The van der Waals surface area contributed by atoms with Crippen LogP contribution in [0.25, 0.3) is 0 Å². The van der Waals surface area contributed by atoms with E-state index in [1.54, 1.807) is 45.2 Å². The molecule has 0 aliphatic rings. The first-order valence-electron chi connectivity index (χ1n) is 6.54. The predicted molar refractivity (Wildman–Crippen MR) is 78.7 cm³/mol. The summed E-state index contributed by atoms with van der Waals surface area (Å²) in [4.78, 5) is 24.2. The number of rotatable bonds is 5. The topological polar surface area (TPSA) is 67.4 Å². The van der Waals surface area contributed by atoms with Gasteiger partial charge in [-0.3, -0.25) is 9.59 Å². The van der Waals surface area contributed by atoms with Gasteiger partial charge in [-0.05, 0) is 52.0 Å². The van der Waals surface area contributed by atoms with Crippen molar-refractivity contribution in [1.82, 2.24) is 5.32 Å². The van der Waals surface area contributed by atoms with Crippen molar-refractivity contribution in [3.63, 3.8) is 0 Å². The van der Waals surface area contributed by atoms with Crippen LogP contribution < -0.4 is 15.4 Å². The summed E-state index contributed by atoms with van der Waals surface area (Å²) in [6.07, 6.45) is 0. The molecule has 0 bridgehead atoms. The normalized spacial score (nSPS) is 11.1. The van der Waals surface area contributed by atoms with E-state index in [1.165, 1.54) is 0 Å². The zero-order chi connectivity index (χ0) is 15.3. The molecule has 0 aliphatic heterocycles. The number of hydrogen-bond donors (Lipinski definition) is 2. The standard InChI is InChI=1S/C15H22N2O3/c1-10(2)16-13(18)15(3,4)14(19)17-11-6-8-12(20-5)9-7-11/h6-10H,1-5H3,(H,16,18)(H,17,19). The molecule has 0 fully saturated rings. The Hall–Kier alpha value is -2.04. The van der Waals surface area contributed by atoms with Gasteiger partial charge < -0.3 is 15.4 Å². The van der Waals surface area contributed by atoms with Crippen molar-refractivity contribution >= 4 is 17.5 Å². The van der Waals surface area contributed by atoms with Crippen LogP contribution >= 0.6 is 0 Å². The number of nitrogens with one attached hydrogen (secondary N) is 2. The molecule has 5 nitrogen and oxygen atoms in total. The van der Waals surface area contributed by atoms with Crippen LogP contribution in [0.2, 0.25) is 0 Å². The quantitative estimate of drug-likeness (QED) is 0.811. The maximum absolute atomic E-state index is 12.2. The first kappa shape index (κ1) is 16.0. The SMILES string of the molecule is COc1ccc(NC(=O)C(C)(C)C(=O)NC(C)C)cc1. The number of benzene rings is 1. The maximum Gasteiger partial charge on any atom is 0.239 e. The highest BCUT2D eigenvalue weighted by atomic mass is 16.5. The van der Waals surface area contributed by atoms with Crippen molar-refractivity contribution in [2.24, 2.45) is 5.41 Å². The summed E-state index contributed by atoms with van der Waals surface area (Å²) in [5.74, 6) is 0.0686. The molecule has 110 valence electrons. The molecule has 2 amide bonds. The van der Waals surface area contributed by atoms with Gasteiger partial charge in [-0.15, -0.1) is 0 Å². The lowest BCUT2D eigenvalue weighted by Gasteiger charge is -2.24. The third kappa shape index (κ3) is 3.98. The van der Waals surface area contributed by atoms with Crippen molar-refractivity contribution in [2.45, 2.75) is 33.7 Å². The van der Waals surface area contributed by atoms with E-state index < -0.39 is 5.41 Å². The first-order chi connectivity index (χ1) is 9.27. The zero-order valence-electron chi connectivity index (χ0n) is 12.6. The Balaban J connectivity index is 2.75. The van der Waals surface area contributed by atoms with Crippen molar-refractivity contribution in [2.75, 3.05) is 12.4 Å². The van der Waals surface area contributed by atoms with Gasteiger partial charge in [0.05, 0.1) is 7.11 Å². The molecule has 0 aromatic heterocycles. The average Bonchev–Trinajstić information content (AvgIpc) is 2.38. The molecule has 2 N–H and O–H groups in total. The lowest BCUT2D eigenvalue weighted by Crippen LogP contribution is -2.47. The molecule has 1 aromatic carbocycles. The van der Waals surface area contributed by atoms with Crippen LogP contribution in [0.4, 0.5) is 5.69 Å². The lowest BCUT2D eigenvalue weighted by molar-refractivity contribution is -0.138. The lowest BCUT2D eigenvalue weighted by atomic mass is 9.90. The van der Waals surface area contributed by atoms with Gasteiger partial charge in [-0.1, -0.05) is 0 Å². The molecule has 0 atom stereocenters.